The zero-order chi connectivity index (χ0) is 107. The number of fused-ring (bicyclic) bond motifs is 10. The molecule has 11 aliphatic heterocycles. The molecule has 11 saturated heterocycles. The fraction of sp³-hybridized carbons (Fsp3) is 0.905. The molecule has 27 aliphatic rings. The van der Waals surface area contributed by atoms with Gasteiger partial charge in [0.25, 0.3) is 0 Å². The van der Waals surface area contributed by atoms with E-state index >= 15 is 0 Å². The summed E-state index contributed by atoms with van der Waals surface area (Å²) in [4.78, 5) is 105. The van der Waals surface area contributed by atoms with Gasteiger partial charge in [0, 0.05) is 81.6 Å². The van der Waals surface area contributed by atoms with Crippen molar-refractivity contribution in [3.63, 3.8) is 0 Å². The number of hydrogen-bond acceptors (Lipinski definition) is 34. The average molecular weight is 2130 g/mol. The van der Waals surface area contributed by atoms with E-state index < -0.39 is 228 Å². The Kier molecular flexibility index (Phi) is 34.0. The Balaban J connectivity index is 0.000000130. The quantitative estimate of drug-likeness (QED) is 0.0267. The number of aliphatic hydroxyl groups is 1. The van der Waals surface area contributed by atoms with Crippen molar-refractivity contribution in [3.8, 4) is 0 Å². The average Bonchev–Trinajstić information content (AvgIpc) is 1.49. The van der Waals surface area contributed by atoms with E-state index in [0.717, 1.165) is 51.4 Å². The number of rotatable bonds is 26. The van der Waals surface area contributed by atoms with Crippen molar-refractivity contribution < 1.29 is 188 Å². The van der Waals surface area contributed by atoms with Gasteiger partial charge in [-0.3, -0.25) is 0 Å². The number of halogens is 8. The molecule has 0 aromatic heterocycles. The summed E-state index contributed by atoms with van der Waals surface area (Å²) in [5.41, 5.74) is -3.60. The van der Waals surface area contributed by atoms with Crippen LogP contribution in [0.15, 0.2) is 12.3 Å². The Morgan fingerprint density at radius 2 is 0.662 bits per heavy atom. The second kappa shape index (κ2) is 43.9. The van der Waals surface area contributed by atoms with Gasteiger partial charge < -0.3 is 129 Å². The number of hydrogen-bond donors (Lipinski definition) is 2. The second-order valence-corrected chi connectivity index (χ2v) is 45.6. The molecule has 0 aromatic rings. The van der Waals surface area contributed by atoms with Crippen molar-refractivity contribution >= 4 is 47.8 Å². The summed E-state index contributed by atoms with van der Waals surface area (Å²) in [6.07, 6.45) is -1.09. The topological polar surface area (TPSA) is 374 Å². The SMILES string of the molecule is C=C(C)OC1C(=O)OC2C3OC4(OC3OC12)C1CC2CC4CC(OC(=O)C(C)(F)F)(C2)C1.CC(F)(F)C(=O)OC12CC3CC(C1)C1(OC4COC(=O)C4O1)C(C3)C2.CC(F)(F)C(=O)OC12CC3CC(C1)C1(OC4OC5C(O)C(=O)OC5C4O1)C(C3)C2.CCN(CC)CC.CCN(CC)CC.CCN(CC)CC.CCOC(C)OC1C(=O)OC2C3OC4(OC3OC12)C1CC2CC4CC(OC(=O)C(C)(F)F)(C2)C1.CC[NH+](CC)CC. The maximum absolute atomic E-state index is 13.6. The van der Waals surface area contributed by atoms with E-state index in [9.17, 15) is 78.6 Å². The van der Waals surface area contributed by atoms with Crippen LogP contribution in [-0.4, -0.2) is 339 Å². The van der Waals surface area contributed by atoms with Gasteiger partial charge in [-0.1, -0.05) is 68.9 Å². The minimum absolute atomic E-state index is 0.0598. The monoisotopic (exact) mass is 2120 g/mol. The molecule has 27 fully saturated rings. The van der Waals surface area contributed by atoms with Gasteiger partial charge in [-0.15, -0.1) is 0 Å². The van der Waals surface area contributed by atoms with E-state index in [4.69, 9.17) is 104 Å². The number of nitrogens with zero attached hydrogens (tertiary/aromatic N) is 3. The molecule has 16 aliphatic carbocycles. The summed E-state index contributed by atoms with van der Waals surface area (Å²) in [5.74, 6) is -25.4. The lowest BCUT2D eigenvalue weighted by Gasteiger charge is -2.62. The van der Waals surface area contributed by atoms with Gasteiger partial charge in [-0.05, 0) is 253 Å². The normalized spacial score (nSPS) is 43.3. The Morgan fingerprint density at radius 3 is 0.926 bits per heavy atom. The number of quaternary nitrogens is 1. The predicted molar refractivity (Wildman–Crippen MR) is 502 cm³/mol. The predicted octanol–water partition coefficient (Wildman–Crippen LogP) is 11.4. The van der Waals surface area contributed by atoms with Crippen LogP contribution in [0, 0.1) is 71.0 Å². The van der Waals surface area contributed by atoms with Gasteiger partial charge in [0.15, 0.2) is 103 Å². The number of alkyl halides is 8. The fourth-order valence-electron chi connectivity index (χ4n) is 29.5. The molecule has 43 heteroatoms. The molecule has 26 unspecified atom stereocenters. The molecule has 0 radical (unpaired) electrons. The molecular weight excluding hydrogens is 1970 g/mol. The molecule has 16 saturated carbocycles. The van der Waals surface area contributed by atoms with Crippen molar-refractivity contribution in [2.24, 2.45) is 71.0 Å². The highest BCUT2D eigenvalue weighted by Gasteiger charge is 2.79. The number of carbonyl (C=O) groups excluding carboxylic acids is 8. The van der Waals surface area contributed by atoms with Gasteiger partial charge >= 0.3 is 71.4 Å². The maximum atomic E-state index is 13.6. The van der Waals surface area contributed by atoms with Gasteiger partial charge in [-0.25, -0.2) is 38.4 Å². The molecule has 26 atom stereocenters. The summed E-state index contributed by atoms with van der Waals surface area (Å²) >= 11 is 0. The summed E-state index contributed by atoms with van der Waals surface area (Å²) in [6, 6.07) is 0. The summed E-state index contributed by atoms with van der Waals surface area (Å²) < 4.78 is 236. The van der Waals surface area contributed by atoms with Gasteiger partial charge in [0.2, 0.25) is 6.10 Å². The Hall–Kier alpha value is -5.98. The molecule has 35 nitrogen and oxygen atoms in total. The number of nitrogens with one attached hydrogen (secondary N) is 1. The molecule has 27 rings (SSSR count). The van der Waals surface area contributed by atoms with Crippen LogP contribution in [0.1, 0.15) is 260 Å². The van der Waals surface area contributed by atoms with E-state index in [1.165, 1.54) is 78.5 Å². The van der Waals surface area contributed by atoms with Crippen molar-refractivity contribution in [2.75, 3.05) is 91.8 Å². The Labute approximate surface area is 861 Å². The summed E-state index contributed by atoms with van der Waals surface area (Å²) in [5, 5.41) is 9.89. The molecule has 4 spiro atoms. The van der Waals surface area contributed by atoms with Crippen molar-refractivity contribution in [1.82, 2.24) is 14.7 Å². The second-order valence-electron chi connectivity index (χ2n) is 45.6. The van der Waals surface area contributed by atoms with Crippen LogP contribution >= 0.6 is 0 Å². The lowest BCUT2D eigenvalue weighted by Crippen LogP contribution is -3.11. The van der Waals surface area contributed by atoms with Crippen LogP contribution in [0.3, 0.4) is 0 Å². The van der Waals surface area contributed by atoms with Crippen molar-refractivity contribution in [2.45, 2.75) is 440 Å². The highest BCUT2D eigenvalue weighted by molar-refractivity contribution is 5.81. The van der Waals surface area contributed by atoms with Crippen LogP contribution in [0.5, 0.6) is 0 Å². The van der Waals surface area contributed by atoms with Gasteiger partial charge in [-0.2, -0.15) is 35.1 Å². The Morgan fingerprint density at radius 1 is 0.385 bits per heavy atom. The smallest absolute Gasteiger partial charge is 0.377 e. The first kappa shape index (κ1) is 115. The van der Waals surface area contributed by atoms with Crippen LogP contribution < -0.4 is 4.90 Å². The van der Waals surface area contributed by atoms with Crippen molar-refractivity contribution in [3.05, 3.63) is 12.3 Å². The molecule has 0 amide bonds. The first-order valence-corrected chi connectivity index (χ1v) is 54.6. The highest BCUT2D eigenvalue weighted by atomic mass is 19.3. The van der Waals surface area contributed by atoms with E-state index in [1.54, 1.807) is 18.7 Å². The number of allylic oxidation sites excluding steroid dienone is 1. The number of ether oxygens (including phenoxy) is 22. The van der Waals surface area contributed by atoms with Crippen LogP contribution in [0.25, 0.3) is 0 Å². The lowest BCUT2D eigenvalue weighted by molar-refractivity contribution is -0.894. The number of aliphatic hydroxyl groups excluding tert-OH is 1. The molecule has 0 aromatic carbocycles. The molecular formula is C105H159F8N4O31+. The summed E-state index contributed by atoms with van der Waals surface area (Å²) in [7, 11) is 0. The van der Waals surface area contributed by atoms with Crippen molar-refractivity contribution in [1.29, 1.82) is 0 Å². The highest BCUT2D eigenvalue weighted by Crippen LogP contribution is 2.71. The van der Waals surface area contributed by atoms with Crippen LogP contribution in [0.2, 0.25) is 0 Å². The molecule has 840 valence electrons. The first-order valence-electron chi connectivity index (χ1n) is 54.6. The molecule has 16 bridgehead atoms. The standard InChI is InChI=1S/C23H30F2O9.C22H26F2O8.C19H22F2O8.C17H20F2O6.4C6H15N/c1-4-28-10(2)29-16-14-15(30-18(16)26)17-19(31-14)33-23(32-17)12-5-11-6-13(23)9-22(7-11,8-12)34-20(27)21(3,24)25;1-9(2)27-15-13-14(28-17(15)25)16-18(29-13)31-22(30-16)11-4-10-5-12(22)8-21(6-10,7-11)32-19(26)20(3,23)24;1-17(20,21)16(24)29-18-4-7-2-8(5-18)19(9(3-7)6-18)27-13-12-11(26-15(13)28-19)10(22)14(23)25-12;1-15(18,19)14(21)25-16-4-8-2-9(5-16)17(10(3-8)6-16)23-11-7-22-13(20)12(11)24-17;4*1-4-7(5-2)6-3/h10-17,19H,4-9H2,1-3H3;10-16,18H,1,4-8H2,2-3H3;7-13,15,22H,2-6H2,1H3;8-12H,2-7H2,1H3;4*4-6H2,1-3H3/p+1. The number of cyclic esters (lactones) is 1. The lowest BCUT2D eigenvalue weighted by atomic mass is 9.51. The maximum Gasteiger partial charge on any atom is 0.377 e. The minimum atomic E-state index is -3.54. The van der Waals surface area contributed by atoms with E-state index in [0.29, 0.717) is 123 Å². The van der Waals surface area contributed by atoms with Crippen LogP contribution in [0.4, 0.5) is 35.1 Å². The third kappa shape index (κ3) is 22.1. The van der Waals surface area contributed by atoms with E-state index in [2.05, 4.69) is 104 Å². The zero-order valence-electron chi connectivity index (χ0n) is 89.1. The summed E-state index contributed by atoms with van der Waals surface area (Å²) in [6.45, 7) is 52.6. The van der Waals surface area contributed by atoms with Gasteiger partial charge in [0.05, 0.1) is 25.4 Å². The number of esters is 8. The fourth-order valence-corrected chi connectivity index (χ4v) is 29.5. The zero-order valence-corrected chi connectivity index (χ0v) is 89.1. The molecule has 2 N–H and O–H groups in total. The third-order valence-corrected chi connectivity index (χ3v) is 35.8. The largest absolute Gasteiger partial charge is 0.481 e. The van der Waals surface area contributed by atoms with E-state index in [-0.39, 0.29) is 71.7 Å². The van der Waals surface area contributed by atoms with E-state index in [1.807, 2.05) is 6.92 Å². The minimum Gasteiger partial charge on any atom is -0.481 e. The first-order chi connectivity index (χ1) is 69.7. The van der Waals surface area contributed by atoms with Crippen LogP contribution in [-0.2, 0) is 143 Å². The molecule has 11 heterocycles. The van der Waals surface area contributed by atoms with Gasteiger partial charge in [0.1, 0.15) is 53.4 Å². The Bertz CT molecular complexity index is 4570. The molecule has 148 heavy (non-hydrogen) atoms. The third-order valence-electron chi connectivity index (χ3n) is 35.8. The number of carbonyl (C=O) groups is 8.